The third kappa shape index (κ3) is 10.0. The van der Waals surface area contributed by atoms with Crippen LogP contribution in [0.4, 0.5) is 0 Å². The first kappa shape index (κ1) is 16.1. The fourth-order valence-corrected chi connectivity index (χ4v) is 1.33. The molecule has 0 heterocycles. The monoisotopic (exact) mass is 238 g/mol. The Labute approximate surface area is 105 Å². The molecular weight excluding hydrogens is 212 g/mol. The van der Waals surface area contributed by atoms with Crippen LogP contribution in [0.2, 0.25) is 0 Å². The highest BCUT2D eigenvalue weighted by Crippen LogP contribution is 2.15. The molecule has 0 aliphatic carbocycles. The molecule has 0 aromatic heterocycles. The summed E-state index contributed by atoms with van der Waals surface area (Å²) in [6.07, 6.45) is 9.81. The van der Waals surface area contributed by atoms with Crippen molar-refractivity contribution in [2.24, 2.45) is 0 Å². The van der Waals surface area contributed by atoms with Crippen molar-refractivity contribution in [3.63, 3.8) is 0 Å². The molecule has 0 saturated heterocycles. The summed E-state index contributed by atoms with van der Waals surface area (Å²) in [4.78, 5) is 0. The van der Waals surface area contributed by atoms with E-state index in [1.54, 1.807) is 32.9 Å². The van der Waals surface area contributed by atoms with Crippen molar-refractivity contribution in [2.75, 3.05) is 0 Å². The predicted octanol–water partition coefficient (Wildman–Crippen LogP) is 3.37. The van der Waals surface area contributed by atoms with Crippen molar-refractivity contribution in [1.82, 2.24) is 0 Å². The van der Waals surface area contributed by atoms with E-state index in [1.165, 1.54) is 5.57 Å². The summed E-state index contributed by atoms with van der Waals surface area (Å²) in [5, 5.41) is 19.2. The zero-order valence-corrected chi connectivity index (χ0v) is 11.5. The standard InChI is InChI=1S/C15H26O2/c1-6-15(5,17)12-8-10-13(2)9-7-11-14(3,4)16/h6-7,10-11,16-17H,1,8-9,12H2,2-5H3/b11-7+,13-10-. The molecule has 0 bridgehead atoms. The number of rotatable bonds is 7. The average molecular weight is 238 g/mol. The van der Waals surface area contributed by atoms with Gasteiger partial charge in [-0.2, -0.15) is 0 Å². The molecule has 2 N–H and O–H groups in total. The lowest BCUT2D eigenvalue weighted by atomic mass is 9.99. The highest BCUT2D eigenvalue weighted by Gasteiger charge is 2.13. The van der Waals surface area contributed by atoms with Gasteiger partial charge in [0.1, 0.15) is 0 Å². The molecule has 1 atom stereocenters. The van der Waals surface area contributed by atoms with E-state index in [9.17, 15) is 10.2 Å². The molecule has 0 radical (unpaired) electrons. The second-order valence-electron chi connectivity index (χ2n) is 5.41. The topological polar surface area (TPSA) is 40.5 Å². The lowest BCUT2D eigenvalue weighted by molar-refractivity contribution is 0.103. The minimum absolute atomic E-state index is 0.684. The van der Waals surface area contributed by atoms with Crippen molar-refractivity contribution >= 4 is 0 Å². The Kier molecular flexibility index (Phi) is 6.43. The Balaban J connectivity index is 4.04. The summed E-state index contributed by atoms with van der Waals surface area (Å²) in [6, 6.07) is 0. The van der Waals surface area contributed by atoms with Crippen molar-refractivity contribution in [3.8, 4) is 0 Å². The van der Waals surface area contributed by atoms with Crippen LogP contribution >= 0.6 is 0 Å². The first-order chi connectivity index (χ1) is 7.66. The molecule has 0 fully saturated rings. The normalized spacial score (nSPS) is 17.2. The highest BCUT2D eigenvalue weighted by atomic mass is 16.3. The average Bonchev–Trinajstić information content (AvgIpc) is 2.15. The first-order valence-corrected chi connectivity index (χ1v) is 6.08. The minimum Gasteiger partial charge on any atom is -0.386 e. The van der Waals surface area contributed by atoms with Crippen LogP contribution in [-0.2, 0) is 0 Å². The van der Waals surface area contributed by atoms with Gasteiger partial charge in [-0.25, -0.2) is 0 Å². The molecule has 98 valence electrons. The molecule has 1 unspecified atom stereocenters. The van der Waals surface area contributed by atoms with E-state index >= 15 is 0 Å². The van der Waals surface area contributed by atoms with Crippen LogP contribution in [0.25, 0.3) is 0 Å². The van der Waals surface area contributed by atoms with Gasteiger partial charge in [-0.15, -0.1) is 6.58 Å². The lowest BCUT2D eigenvalue weighted by Gasteiger charge is -2.16. The molecular formula is C15H26O2. The summed E-state index contributed by atoms with van der Waals surface area (Å²) >= 11 is 0. The molecule has 0 rings (SSSR count). The van der Waals surface area contributed by atoms with Gasteiger partial charge in [0.05, 0.1) is 11.2 Å². The molecule has 2 heteroatoms. The van der Waals surface area contributed by atoms with Crippen LogP contribution in [0.3, 0.4) is 0 Å². The Hall–Kier alpha value is -0.860. The van der Waals surface area contributed by atoms with Crippen LogP contribution in [0.15, 0.2) is 36.5 Å². The van der Waals surface area contributed by atoms with E-state index in [0.29, 0.717) is 6.42 Å². The van der Waals surface area contributed by atoms with E-state index in [2.05, 4.69) is 19.6 Å². The van der Waals surface area contributed by atoms with Crippen molar-refractivity contribution in [3.05, 3.63) is 36.5 Å². The molecule has 2 nitrogen and oxygen atoms in total. The Morgan fingerprint density at radius 1 is 1.24 bits per heavy atom. The molecule has 0 aromatic carbocycles. The Morgan fingerprint density at radius 2 is 1.82 bits per heavy atom. The van der Waals surface area contributed by atoms with Crippen LogP contribution in [0.1, 0.15) is 47.0 Å². The molecule has 0 aromatic rings. The molecule has 17 heavy (non-hydrogen) atoms. The number of allylic oxidation sites excluding steroid dienone is 3. The smallest absolute Gasteiger partial charge is 0.0800 e. The predicted molar refractivity (Wildman–Crippen MR) is 73.9 cm³/mol. The fourth-order valence-electron chi connectivity index (χ4n) is 1.33. The maximum absolute atomic E-state index is 9.72. The van der Waals surface area contributed by atoms with Crippen molar-refractivity contribution in [1.29, 1.82) is 0 Å². The second-order valence-corrected chi connectivity index (χ2v) is 5.41. The molecule has 0 aliphatic rings. The van der Waals surface area contributed by atoms with E-state index in [1.807, 2.05) is 6.08 Å². The quantitative estimate of drug-likeness (QED) is 0.668. The minimum atomic E-state index is -0.778. The molecule has 0 aliphatic heterocycles. The van der Waals surface area contributed by atoms with Gasteiger partial charge in [-0.05, 0) is 47.0 Å². The first-order valence-electron chi connectivity index (χ1n) is 6.08. The zero-order chi connectivity index (χ0) is 13.5. The van der Waals surface area contributed by atoms with Gasteiger partial charge in [0, 0.05) is 0 Å². The third-order valence-corrected chi connectivity index (χ3v) is 2.55. The van der Waals surface area contributed by atoms with Gasteiger partial charge in [0.2, 0.25) is 0 Å². The van der Waals surface area contributed by atoms with Gasteiger partial charge in [0.25, 0.3) is 0 Å². The van der Waals surface area contributed by atoms with Crippen LogP contribution in [-0.4, -0.2) is 21.4 Å². The molecule has 0 spiro atoms. The van der Waals surface area contributed by atoms with Crippen LogP contribution in [0, 0.1) is 0 Å². The molecule has 0 amide bonds. The Bertz CT molecular complexity index is 291. The third-order valence-electron chi connectivity index (χ3n) is 2.55. The van der Waals surface area contributed by atoms with Gasteiger partial charge in [-0.3, -0.25) is 0 Å². The fraction of sp³-hybridized carbons (Fsp3) is 0.600. The lowest BCUT2D eigenvalue weighted by Crippen LogP contribution is -2.19. The zero-order valence-electron chi connectivity index (χ0n) is 11.5. The van der Waals surface area contributed by atoms with Gasteiger partial charge < -0.3 is 10.2 Å². The van der Waals surface area contributed by atoms with E-state index in [-0.39, 0.29) is 0 Å². The van der Waals surface area contributed by atoms with Crippen LogP contribution < -0.4 is 0 Å². The van der Waals surface area contributed by atoms with E-state index < -0.39 is 11.2 Å². The summed E-state index contributed by atoms with van der Waals surface area (Å²) in [7, 11) is 0. The van der Waals surface area contributed by atoms with E-state index in [0.717, 1.165) is 12.8 Å². The number of hydrogen-bond acceptors (Lipinski definition) is 2. The summed E-state index contributed by atoms with van der Waals surface area (Å²) < 4.78 is 0. The Morgan fingerprint density at radius 3 is 2.29 bits per heavy atom. The maximum Gasteiger partial charge on any atom is 0.0800 e. The SMILES string of the molecule is C=CC(C)(O)CC/C=C(/C)C/C=C/C(C)(C)O. The largest absolute Gasteiger partial charge is 0.386 e. The maximum atomic E-state index is 9.72. The van der Waals surface area contributed by atoms with E-state index in [4.69, 9.17) is 0 Å². The summed E-state index contributed by atoms with van der Waals surface area (Å²) in [5.41, 5.74) is -0.280. The van der Waals surface area contributed by atoms with Crippen molar-refractivity contribution in [2.45, 2.75) is 58.2 Å². The molecule has 0 saturated carbocycles. The van der Waals surface area contributed by atoms with Crippen molar-refractivity contribution < 1.29 is 10.2 Å². The number of hydrogen-bond donors (Lipinski definition) is 2. The second kappa shape index (κ2) is 6.77. The highest BCUT2D eigenvalue weighted by molar-refractivity contribution is 5.08. The summed E-state index contributed by atoms with van der Waals surface area (Å²) in [5.74, 6) is 0. The summed E-state index contributed by atoms with van der Waals surface area (Å²) in [6.45, 7) is 10.9. The van der Waals surface area contributed by atoms with Gasteiger partial charge >= 0.3 is 0 Å². The van der Waals surface area contributed by atoms with Gasteiger partial charge in [-0.1, -0.05) is 29.9 Å². The van der Waals surface area contributed by atoms with Crippen LogP contribution in [0.5, 0.6) is 0 Å². The number of aliphatic hydroxyl groups is 2. The van der Waals surface area contributed by atoms with Gasteiger partial charge in [0.15, 0.2) is 0 Å².